The molecule has 0 saturated carbocycles. The number of rotatable bonds is 6. The summed E-state index contributed by atoms with van der Waals surface area (Å²) in [7, 11) is 0. The number of aromatic carboxylic acids is 1. The number of anilines is 1. The maximum atomic E-state index is 10.9. The van der Waals surface area contributed by atoms with Crippen LogP contribution in [0.4, 0.5) is 5.69 Å². The Morgan fingerprint density at radius 1 is 1.32 bits per heavy atom. The van der Waals surface area contributed by atoms with Crippen LogP contribution in [-0.2, 0) is 4.79 Å². The summed E-state index contributed by atoms with van der Waals surface area (Å²) in [5.41, 5.74) is 0.881. The van der Waals surface area contributed by atoms with Gasteiger partial charge in [0.05, 0.1) is 18.0 Å². The highest BCUT2D eigenvalue weighted by atomic mass is 16.4. The van der Waals surface area contributed by atoms with Crippen molar-refractivity contribution in [3.8, 4) is 12.3 Å². The number of carboxylic acid groups (broad SMARTS) is 2. The van der Waals surface area contributed by atoms with E-state index >= 15 is 0 Å². The zero-order valence-electron chi connectivity index (χ0n) is 10.5. The van der Waals surface area contributed by atoms with E-state index in [0.29, 0.717) is 5.69 Å². The van der Waals surface area contributed by atoms with E-state index in [1.54, 1.807) is 24.0 Å². The summed E-state index contributed by atoms with van der Waals surface area (Å²) in [5.74, 6) is -0.00239. The summed E-state index contributed by atoms with van der Waals surface area (Å²) < 4.78 is 0. The van der Waals surface area contributed by atoms with Crippen LogP contribution < -0.4 is 4.90 Å². The predicted octanol–water partition coefficient (Wildman–Crippen LogP) is 1.55. The quantitative estimate of drug-likeness (QED) is 0.759. The van der Waals surface area contributed by atoms with Gasteiger partial charge in [-0.25, -0.2) is 4.79 Å². The van der Waals surface area contributed by atoms with Gasteiger partial charge in [0, 0.05) is 12.2 Å². The number of terminal acetylenes is 1. The zero-order valence-corrected chi connectivity index (χ0v) is 10.5. The molecule has 1 unspecified atom stereocenters. The number of hydrogen-bond acceptors (Lipinski definition) is 3. The maximum absolute atomic E-state index is 10.9. The molecule has 0 heterocycles. The second kappa shape index (κ2) is 6.45. The number of benzene rings is 1. The van der Waals surface area contributed by atoms with Crippen LogP contribution in [0.1, 0.15) is 17.3 Å². The molecule has 0 bridgehead atoms. The molecular weight excluding hydrogens is 246 g/mol. The van der Waals surface area contributed by atoms with Crippen molar-refractivity contribution < 1.29 is 19.8 Å². The summed E-state index contributed by atoms with van der Waals surface area (Å²) in [6, 6.07) is 6.17. The monoisotopic (exact) mass is 261 g/mol. The first-order valence-electron chi connectivity index (χ1n) is 5.70. The van der Waals surface area contributed by atoms with Crippen molar-refractivity contribution in [3.05, 3.63) is 29.8 Å². The summed E-state index contributed by atoms with van der Waals surface area (Å²) in [5, 5.41) is 17.7. The van der Waals surface area contributed by atoms with E-state index < -0.39 is 17.9 Å². The van der Waals surface area contributed by atoms with E-state index in [1.165, 1.54) is 12.1 Å². The summed E-state index contributed by atoms with van der Waals surface area (Å²) >= 11 is 0. The molecule has 0 aliphatic heterocycles. The second-order valence-corrected chi connectivity index (χ2v) is 4.18. The SMILES string of the molecule is C#CCN(CC(C)C(=O)O)c1ccc(C(=O)O)cc1. The van der Waals surface area contributed by atoms with Gasteiger partial charge >= 0.3 is 11.9 Å². The molecule has 0 aliphatic rings. The van der Waals surface area contributed by atoms with Gasteiger partial charge < -0.3 is 15.1 Å². The third-order valence-electron chi connectivity index (χ3n) is 2.68. The van der Waals surface area contributed by atoms with Gasteiger partial charge in [-0.15, -0.1) is 6.42 Å². The van der Waals surface area contributed by atoms with Gasteiger partial charge in [0.25, 0.3) is 0 Å². The van der Waals surface area contributed by atoms with Crippen LogP contribution >= 0.6 is 0 Å². The lowest BCUT2D eigenvalue weighted by Crippen LogP contribution is -2.32. The summed E-state index contributed by atoms with van der Waals surface area (Å²) in [6.45, 7) is 2.13. The van der Waals surface area contributed by atoms with Gasteiger partial charge in [0.15, 0.2) is 0 Å². The van der Waals surface area contributed by atoms with Crippen molar-refractivity contribution in [2.24, 2.45) is 5.92 Å². The number of aliphatic carboxylic acids is 1. The molecule has 1 rings (SSSR count). The van der Waals surface area contributed by atoms with Crippen LogP contribution in [-0.4, -0.2) is 35.2 Å². The van der Waals surface area contributed by atoms with E-state index in [-0.39, 0.29) is 18.7 Å². The number of carboxylic acids is 2. The van der Waals surface area contributed by atoms with Crippen molar-refractivity contribution >= 4 is 17.6 Å². The summed E-state index contributed by atoms with van der Waals surface area (Å²) in [6.07, 6.45) is 5.26. The molecule has 5 heteroatoms. The van der Waals surface area contributed by atoms with E-state index in [1.807, 2.05) is 0 Å². The molecule has 0 aromatic heterocycles. The number of hydrogen-bond donors (Lipinski definition) is 2. The van der Waals surface area contributed by atoms with Crippen LogP contribution in [0, 0.1) is 18.3 Å². The van der Waals surface area contributed by atoms with Gasteiger partial charge in [0.2, 0.25) is 0 Å². The van der Waals surface area contributed by atoms with Crippen LogP contribution in [0.3, 0.4) is 0 Å². The molecule has 0 amide bonds. The van der Waals surface area contributed by atoms with Crippen LogP contribution in [0.5, 0.6) is 0 Å². The standard InChI is InChI=1S/C14H15NO4/c1-3-8-15(9-10(2)13(16)17)12-6-4-11(5-7-12)14(18)19/h1,4-7,10H,8-9H2,2H3,(H,16,17)(H,18,19). The topological polar surface area (TPSA) is 77.8 Å². The normalized spacial score (nSPS) is 11.4. The average molecular weight is 261 g/mol. The Hall–Kier alpha value is -2.48. The highest BCUT2D eigenvalue weighted by molar-refractivity contribution is 5.88. The highest BCUT2D eigenvalue weighted by Gasteiger charge is 2.16. The van der Waals surface area contributed by atoms with Crippen LogP contribution in [0.2, 0.25) is 0 Å². The second-order valence-electron chi connectivity index (χ2n) is 4.18. The Labute approximate surface area is 111 Å². The molecule has 0 spiro atoms. The lowest BCUT2D eigenvalue weighted by atomic mass is 10.1. The van der Waals surface area contributed by atoms with Crippen molar-refractivity contribution in [3.63, 3.8) is 0 Å². The molecule has 1 atom stereocenters. The first kappa shape index (κ1) is 14.6. The van der Waals surface area contributed by atoms with Crippen LogP contribution in [0.25, 0.3) is 0 Å². The summed E-state index contributed by atoms with van der Waals surface area (Å²) in [4.78, 5) is 23.3. The molecule has 1 aromatic rings. The van der Waals surface area contributed by atoms with E-state index in [0.717, 1.165) is 0 Å². The molecule has 19 heavy (non-hydrogen) atoms. The van der Waals surface area contributed by atoms with E-state index in [2.05, 4.69) is 5.92 Å². The molecule has 0 saturated heterocycles. The molecule has 2 N–H and O–H groups in total. The Bertz CT molecular complexity index is 501. The Morgan fingerprint density at radius 3 is 2.32 bits per heavy atom. The molecule has 100 valence electrons. The maximum Gasteiger partial charge on any atom is 0.335 e. The lowest BCUT2D eigenvalue weighted by molar-refractivity contribution is -0.140. The third kappa shape index (κ3) is 4.03. The first-order valence-corrected chi connectivity index (χ1v) is 5.70. The molecular formula is C14H15NO4. The third-order valence-corrected chi connectivity index (χ3v) is 2.68. The van der Waals surface area contributed by atoms with Gasteiger partial charge in [-0.05, 0) is 24.3 Å². The first-order chi connectivity index (χ1) is 8.95. The van der Waals surface area contributed by atoms with Gasteiger partial charge in [-0.2, -0.15) is 0 Å². The molecule has 1 aromatic carbocycles. The van der Waals surface area contributed by atoms with Crippen molar-refractivity contribution in [1.29, 1.82) is 0 Å². The smallest absolute Gasteiger partial charge is 0.335 e. The number of nitrogens with zero attached hydrogens (tertiary/aromatic N) is 1. The Balaban J connectivity index is 2.90. The lowest BCUT2D eigenvalue weighted by Gasteiger charge is -2.24. The van der Waals surface area contributed by atoms with Gasteiger partial charge in [-0.1, -0.05) is 12.8 Å². The average Bonchev–Trinajstić information content (AvgIpc) is 2.38. The van der Waals surface area contributed by atoms with Gasteiger partial charge in [0.1, 0.15) is 0 Å². The Kier molecular flexibility index (Phi) is 4.95. The van der Waals surface area contributed by atoms with E-state index in [4.69, 9.17) is 16.6 Å². The fraction of sp³-hybridized carbons (Fsp3) is 0.286. The number of carbonyl (C=O) groups is 2. The molecule has 0 fully saturated rings. The fourth-order valence-electron chi connectivity index (χ4n) is 1.59. The zero-order chi connectivity index (χ0) is 14.4. The minimum Gasteiger partial charge on any atom is -0.481 e. The van der Waals surface area contributed by atoms with E-state index in [9.17, 15) is 9.59 Å². The minimum atomic E-state index is -1.01. The predicted molar refractivity (Wildman–Crippen MR) is 71.2 cm³/mol. The van der Waals surface area contributed by atoms with Crippen LogP contribution in [0.15, 0.2) is 24.3 Å². The van der Waals surface area contributed by atoms with Crippen molar-refractivity contribution in [2.45, 2.75) is 6.92 Å². The highest BCUT2D eigenvalue weighted by Crippen LogP contribution is 2.17. The van der Waals surface area contributed by atoms with Crippen molar-refractivity contribution in [2.75, 3.05) is 18.0 Å². The van der Waals surface area contributed by atoms with Crippen molar-refractivity contribution in [1.82, 2.24) is 0 Å². The minimum absolute atomic E-state index is 0.177. The Morgan fingerprint density at radius 2 is 1.89 bits per heavy atom. The molecule has 0 radical (unpaired) electrons. The fourth-order valence-corrected chi connectivity index (χ4v) is 1.59. The van der Waals surface area contributed by atoms with Gasteiger partial charge in [-0.3, -0.25) is 4.79 Å². The largest absolute Gasteiger partial charge is 0.481 e. The molecule has 0 aliphatic carbocycles. The molecule has 5 nitrogen and oxygen atoms in total.